The van der Waals surface area contributed by atoms with Gasteiger partial charge in [-0.2, -0.15) is 0 Å². The Morgan fingerprint density at radius 1 is 1.30 bits per heavy atom. The molecule has 2 amide bonds. The molecule has 0 spiro atoms. The van der Waals surface area contributed by atoms with Crippen LogP contribution in [0.25, 0.3) is 0 Å². The summed E-state index contributed by atoms with van der Waals surface area (Å²) in [5.74, 6) is -1.03. The Morgan fingerprint density at radius 2 is 2.05 bits per heavy atom. The molecule has 0 aliphatic carbocycles. The largest absolute Gasteiger partial charge is 0.480 e. The highest BCUT2D eigenvalue weighted by molar-refractivity contribution is 5.90. The summed E-state index contributed by atoms with van der Waals surface area (Å²) in [7, 11) is 1.83. The molecule has 0 saturated heterocycles. The SMILES string of the molecule is CNCc1ccccc1NC(=O)NCCOCC(=O)O. The molecule has 7 nitrogen and oxygen atoms in total. The van der Waals surface area contributed by atoms with Crippen molar-refractivity contribution in [2.75, 3.05) is 32.1 Å². The molecule has 0 fully saturated rings. The molecular formula is C13H19N3O4. The molecule has 4 N–H and O–H groups in total. The van der Waals surface area contributed by atoms with Gasteiger partial charge in [-0.3, -0.25) is 0 Å². The van der Waals surface area contributed by atoms with Crippen LogP contribution in [0.15, 0.2) is 24.3 Å². The number of aliphatic carboxylic acids is 1. The number of hydrogen-bond donors (Lipinski definition) is 4. The van der Waals surface area contributed by atoms with E-state index in [4.69, 9.17) is 9.84 Å². The second kappa shape index (κ2) is 8.89. The molecule has 0 aromatic heterocycles. The molecule has 0 aliphatic heterocycles. The van der Waals surface area contributed by atoms with Crippen molar-refractivity contribution in [1.82, 2.24) is 10.6 Å². The van der Waals surface area contributed by atoms with Crippen molar-refractivity contribution in [2.24, 2.45) is 0 Å². The van der Waals surface area contributed by atoms with E-state index in [9.17, 15) is 9.59 Å². The van der Waals surface area contributed by atoms with E-state index in [1.165, 1.54) is 0 Å². The summed E-state index contributed by atoms with van der Waals surface area (Å²) in [4.78, 5) is 21.9. The van der Waals surface area contributed by atoms with Crippen LogP contribution in [0, 0.1) is 0 Å². The number of anilines is 1. The Kier molecular flexibility index (Phi) is 7.08. The summed E-state index contributed by atoms with van der Waals surface area (Å²) in [6, 6.07) is 7.11. The first kappa shape index (κ1) is 15.9. The van der Waals surface area contributed by atoms with Crippen molar-refractivity contribution in [2.45, 2.75) is 6.54 Å². The number of nitrogens with one attached hydrogen (secondary N) is 3. The first-order valence-electron chi connectivity index (χ1n) is 6.20. The third-order valence-corrected chi connectivity index (χ3v) is 2.39. The van der Waals surface area contributed by atoms with Crippen LogP contribution in [-0.2, 0) is 16.1 Å². The van der Waals surface area contributed by atoms with E-state index in [0.717, 1.165) is 11.3 Å². The van der Waals surface area contributed by atoms with Gasteiger partial charge in [-0.15, -0.1) is 0 Å². The van der Waals surface area contributed by atoms with Crippen LogP contribution < -0.4 is 16.0 Å². The fourth-order valence-electron chi connectivity index (χ4n) is 1.55. The summed E-state index contributed by atoms with van der Waals surface area (Å²) >= 11 is 0. The standard InChI is InChI=1S/C13H19N3O4/c1-14-8-10-4-2-3-5-11(10)16-13(19)15-6-7-20-9-12(17)18/h2-5,14H,6-9H2,1H3,(H,17,18)(H2,15,16,19). The van der Waals surface area contributed by atoms with Crippen LogP contribution in [0.5, 0.6) is 0 Å². The lowest BCUT2D eigenvalue weighted by Crippen LogP contribution is -2.32. The molecule has 7 heteroatoms. The first-order valence-corrected chi connectivity index (χ1v) is 6.20. The maximum atomic E-state index is 11.7. The minimum absolute atomic E-state index is 0.151. The minimum atomic E-state index is -1.03. The summed E-state index contributed by atoms with van der Waals surface area (Å²) < 4.78 is 4.81. The topological polar surface area (TPSA) is 99.7 Å². The molecule has 0 saturated carbocycles. The fraction of sp³-hybridized carbons (Fsp3) is 0.385. The molecule has 110 valence electrons. The lowest BCUT2D eigenvalue weighted by molar-refractivity contribution is -0.142. The van der Waals surface area contributed by atoms with E-state index < -0.39 is 5.97 Å². The first-order chi connectivity index (χ1) is 9.63. The normalized spacial score (nSPS) is 10.1. The van der Waals surface area contributed by atoms with E-state index in [2.05, 4.69) is 16.0 Å². The number of hydrogen-bond acceptors (Lipinski definition) is 4. The minimum Gasteiger partial charge on any atom is -0.480 e. The number of para-hydroxylation sites is 1. The number of carboxylic acids is 1. The van der Waals surface area contributed by atoms with Crippen LogP contribution in [0.3, 0.4) is 0 Å². The van der Waals surface area contributed by atoms with Gasteiger partial charge in [0.25, 0.3) is 0 Å². The molecule has 1 aromatic carbocycles. The molecule has 0 atom stereocenters. The van der Waals surface area contributed by atoms with Gasteiger partial charge in [0.1, 0.15) is 6.61 Å². The average molecular weight is 281 g/mol. The van der Waals surface area contributed by atoms with E-state index in [-0.39, 0.29) is 25.8 Å². The van der Waals surface area contributed by atoms with Crippen molar-refractivity contribution in [3.05, 3.63) is 29.8 Å². The monoisotopic (exact) mass is 281 g/mol. The number of rotatable bonds is 8. The summed E-state index contributed by atoms with van der Waals surface area (Å²) in [6.45, 7) is 0.678. The van der Waals surface area contributed by atoms with Crippen molar-refractivity contribution in [3.63, 3.8) is 0 Å². The molecule has 0 radical (unpaired) electrons. The van der Waals surface area contributed by atoms with E-state index in [1.54, 1.807) is 0 Å². The van der Waals surface area contributed by atoms with Crippen LogP contribution in [0.1, 0.15) is 5.56 Å². The zero-order valence-corrected chi connectivity index (χ0v) is 11.3. The molecule has 0 aliphatic rings. The number of ether oxygens (including phenoxy) is 1. The quantitative estimate of drug-likeness (QED) is 0.524. The molecule has 20 heavy (non-hydrogen) atoms. The van der Waals surface area contributed by atoms with Crippen LogP contribution in [0.4, 0.5) is 10.5 Å². The Labute approximate surface area is 117 Å². The number of amides is 2. The molecule has 0 heterocycles. The molecule has 0 unspecified atom stereocenters. The van der Waals surface area contributed by atoms with Gasteiger partial charge in [-0.1, -0.05) is 18.2 Å². The number of benzene rings is 1. The Hall–Kier alpha value is -2.12. The van der Waals surface area contributed by atoms with E-state index in [1.807, 2.05) is 31.3 Å². The summed E-state index contributed by atoms with van der Waals surface area (Å²) in [5, 5.41) is 16.7. The van der Waals surface area contributed by atoms with Crippen molar-refractivity contribution < 1.29 is 19.4 Å². The van der Waals surface area contributed by atoms with Gasteiger partial charge >= 0.3 is 12.0 Å². The summed E-state index contributed by atoms with van der Waals surface area (Å²) in [6.07, 6.45) is 0. The van der Waals surface area contributed by atoms with Gasteiger partial charge in [-0.05, 0) is 18.7 Å². The maximum absolute atomic E-state index is 11.7. The van der Waals surface area contributed by atoms with Crippen molar-refractivity contribution in [3.8, 4) is 0 Å². The predicted molar refractivity (Wildman–Crippen MR) is 74.7 cm³/mol. The number of carbonyl (C=O) groups is 2. The second-order valence-corrected chi connectivity index (χ2v) is 4.01. The number of carbonyl (C=O) groups excluding carboxylic acids is 1. The highest BCUT2D eigenvalue weighted by Gasteiger charge is 2.05. The Bertz CT molecular complexity index is 451. The van der Waals surface area contributed by atoms with Crippen LogP contribution >= 0.6 is 0 Å². The lowest BCUT2D eigenvalue weighted by atomic mass is 10.2. The van der Waals surface area contributed by atoms with Crippen molar-refractivity contribution in [1.29, 1.82) is 0 Å². The third kappa shape index (κ3) is 6.17. The molecule has 1 aromatic rings. The highest BCUT2D eigenvalue weighted by atomic mass is 16.5. The molecule has 0 bridgehead atoms. The maximum Gasteiger partial charge on any atom is 0.329 e. The van der Waals surface area contributed by atoms with Crippen LogP contribution in [0.2, 0.25) is 0 Å². The van der Waals surface area contributed by atoms with Gasteiger partial charge in [0.05, 0.1) is 6.61 Å². The van der Waals surface area contributed by atoms with Gasteiger partial charge in [0.2, 0.25) is 0 Å². The van der Waals surface area contributed by atoms with E-state index in [0.29, 0.717) is 6.54 Å². The van der Waals surface area contributed by atoms with Gasteiger partial charge in [0, 0.05) is 18.8 Å². The average Bonchev–Trinajstić information content (AvgIpc) is 2.40. The van der Waals surface area contributed by atoms with Crippen molar-refractivity contribution >= 4 is 17.7 Å². The zero-order valence-electron chi connectivity index (χ0n) is 11.3. The Balaban J connectivity index is 2.33. The van der Waals surface area contributed by atoms with E-state index >= 15 is 0 Å². The molecule has 1 rings (SSSR count). The Morgan fingerprint density at radius 3 is 2.75 bits per heavy atom. The van der Waals surface area contributed by atoms with Gasteiger partial charge in [-0.25, -0.2) is 9.59 Å². The number of urea groups is 1. The fourth-order valence-corrected chi connectivity index (χ4v) is 1.55. The summed E-state index contributed by atoms with van der Waals surface area (Å²) in [5.41, 5.74) is 1.71. The van der Waals surface area contributed by atoms with Gasteiger partial charge in [0.15, 0.2) is 0 Å². The van der Waals surface area contributed by atoms with Gasteiger partial charge < -0.3 is 25.8 Å². The second-order valence-electron chi connectivity index (χ2n) is 4.01. The zero-order chi connectivity index (χ0) is 14.8. The highest BCUT2D eigenvalue weighted by Crippen LogP contribution is 2.14. The predicted octanol–water partition coefficient (Wildman–Crippen LogP) is 0.629. The third-order valence-electron chi connectivity index (χ3n) is 2.39. The molecular weight excluding hydrogens is 262 g/mol. The number of carboxylic acid groups (broad SMARTS) is 1. The lowest BCUT2D eigenvalue weighted by Gasteiger charge is -2.11. The van der Waals surface area contributed by atoms with Crippen LogP contribution in [-0.4, -0.2) is 43.9 Å². The smallest absolute Gasteiger partial charge is 0.329 e.